The minimum Gasteiger partial charge on any atom is -0.323 e. The van der Waals surface area contributed by atoms with Gasteiger partial charge in [-0.15, -0.1) is 0 Å². The molecule has 0 aliphatic heterocycles. The van der Waals surface area contributed by atoms with Crippen molar-refractivity contribution in [3.05, 3.63) is 116 Å². The predicted molar refractivity (Wildman–Crippen MR) is 168 cm³/mol. The van der Waals surface area contributed by atoms with Crippen molar-refractivity contribution >= 4 is 74.8 Å². The van der Waals surface area contributed by atoms with Gasteiger partial charge in [0.15, 0.2) is 5.78 Å². The van der Waals surface area contributed by atoms with Crippen LogP contribution in [-0.4, -0.2) is 33.7 Å². The van der Waals surface area contributed by atoms with Gasteiger partial charge in [-0.3, -0.25) is 24.3 Å². The Morgan fingerprint density at radius 1 is 0.976 bits per heavy atom. The van der Waals surface area contributed by atoms with E-state index in [0.29, 0.717) is 50.8 Å². The third-order valence-electron chi connectivity index (χ3n) is 6.12. The van der Waals surface area contributed by atoms with E-state index in [4.69, 9.17) is 11.6 Å². The monoisotopic (exact) mass is 681 g/mol. The van der Waals surface area contributed by atoms with Crippen molar-refractivity contribution in [3.8, 4) is 0 Å². The van der Waals surface area contributed by atoms with Crippen molar-refractivity contribution in [3.63, 3.8) is 0 Å². The van der Waals surface area contributed by atoms with Crippen LogP contribution in [0.2, 0.25) is 5.02 Å². The van der Waals surface area contributed by atoms with Crippen molar-refractivity contribution in [2.24, 2.45) is 0 Å². The maximum Gasteiger partial charge on any atom is 0.273 e. The van der Waals surface area contributed by atoms with Crippen LogP contribution in [0.25, 0.3) is 0 Å². The highest BCUT2D eigenvalue weighted by molar-refractivity contribution is 14.1. The molecule has 0 fully saturated rings. The van der Waals surface area contributed by atoms with Gasteiger partial charge in [-0.25, -0.2) is 0 Å². The Hall–Kier alpha value is -4.29. The second kappa shape index (κ2) is 13.4. The van der Waals surface area contributed by atoms with E-state index in [1.54, 1.807) is 61.5 Å². The number of rotatable bonds is 10. The van der Waals surface area contributed by atoms with Crippen LogP contribution in [-0.2, 0) is 11.2 Å². The number of hydrogen-bond donors (Lipinski definition) is 4. The summed E-state index contributed by atoms with van der Waals surface area (Å²) in [5, 5.41) is 15.4. The lowest BCUT2D eigenvalue weighted by Gasteiger charge is -2.12. The number of halogens is 2. The van der Waals surface area contributed by atoms with Gasteiger partial charge in [0.25, 0.3) is 11.8 Å². The highest BCUT2D eigenvalue weighted by atomic mass is 127. The normalized spacial score (nSPS) is 10.5. The van der Waals surface area contributed by atoms with E-state index in [9.17, 15) is 19.2 Å². The lowest BCUT2D eigenvalue weighted by Crippen LogP contribution is -2.16. The number of ketones is 1. The van der Waals surface area contributed by atoms with Crippen molar-refractivity contribution in [1.29, 1.82) is 0 Å². The van der Waals surface area contributed by atoms with E-state index >= 15 is 0 Å². The molecule has 1 heterocycles. The summed E-state index contributed by atoms with van der Waals surface area (Å²) in [5.74, 6) is -1.26. The fraction of sp³-hybridized carbons (Fsp3) is 0.100. The number of aryl methyl sites for hydroxylation is 2. The Morgan fingerprint density at radius 2 is 1.73 bits per heavy atom. The molecule has 0 saturated heterocycles. The predicted octanol–water partition coefficient (Wildman–Crippen LogP) is 6.42. The molecule has 0 atom stereocenters. The summed E-state index contributed by atoms with van der Waals surface area (Å²) in [6, 6.07) is 16.9. The van der Waals surface area contributed by atoms with Gasteiger partial charge in [0, 0.05) is 43.7 Å². The van der Waals surface area contributed by atoms with Gasteiger partial charge >= 0.3 is 0 Å². The van der Waals surface area contributed by atoms with Gasteiger partial charge in [0.1, 0.15) is 5.69 Å². The molecule has 41 heavy (non-hydrogen) atoms. The number of carbonyl (C=O) groups excluding carboxylic acids is 4. The second-order valence-electron chi connectivity index (χ2n) is 9.00. The van der Waals surface area contributed by atoms with Gasteiger partial charge in [-0.1, -0.05) is 30.3 Å². The third kappa shape index (κ3) is 7.47. The first-order valence-corrected chi connectivity index (χ1v) is 13.9. The molecule has 4 rings (SSSR count). The summed E-state index contributed by atoms with van der Waals surface area (Å²) in [4.78, 5) is 50.2. The second-order valence-corrected chi connectivity index (χ2v) is 10.6. The van der Waals surface area contributed by atoms with Crippen LogP contribution in [0.4, 0.5) is 17.1 Å². The van der Waals surface area contributed by atoms with Crippen LogP contribution in [0, 0.1) is 10.5 Å². The highest BCUT2D eigenvalue weighted by Crippen LogP contribution is 2.25. The number of benzene rings is 3. The highest BCUT2D eigenvalue weighted by Gasteiger charge is 2.19. The van der Waals surface area contributed by atoms with Crippen molar-refractivity contribution in [2.75, 3.05) is 16.0 Å². The molecule has 208 valence electrons. The number of carbonyl (C=O) groups is 4. The largest absolute Gasteiger partial charge is 0.323 e. The van der Waals surface area contributed by atoms with Crippen LogP contribution in [0.15, 0.2) is 79.5 Å². The minimum absolute atomic E-state index is 0.116. The molecule has 4 N–H and O–H groups in total. The average Bonchev–Trinajstić information content (AvgIpc) is 3.42. The third-order valence-corrected chi connectivity index (χ3v) is 7.33. The Balaban J connectivity index is 1.39. The lowest BCUT2D eigenvalue weighted by molar-refractivity contribution is -0.111. The smallest absolute Gasteiger partial charge is 0.273 e. The quantitative estimate of drug-likeness (QED) is 0.0871. The SMILES string of the molecule is C=CC(=O)Nc1cccc(C(=O)Nc2ccc(NC(=O)c3[nH]ncc3CCC(=O)c3c(Cl)cccc3I)c(C)c2)c1. The molecule has 9 nitrogen and oxygen atoms in total. The number of aromatic amines is 1. The molecule has 11 heteroatoms. The summed E-state index contributed by atoms with van der Waals surface area (Å²) >= 11 is 8.30. The van der Waals surface area contributed by atoms with Crippen LogP contribution in [0.3, 0.4) is 0 Å². The van der Waals surface area contributed by atoms with Gasteiger partial charge in [0.2, 0.25) is 5.91 Å². The molecule has 0 spiro atoms. The molecule has 4 aromatic rings. The van der Waals surface area contributed by atoms with Crippen molar-refractivity contribution in [2.45, 2.75) is 19.8 Å². The Bertz CT molecular complexity index is 1650. The van der Waals surface area contributed by atoms with Crippen molar-refractivity contribution in [1.82, 2.24) is 10.2 Å². The van der Waals surface area contributed by atoms with Gasteiger partial charge in [-0.2, -0.15) is 5.10 Å². The van der Waals surface area contributed by atoms with E-state index in [-0.39, 0.29) is 29.7 Å². The molecule has 0 aliphatic rings. The molecule has 1 aromatic heterocycles. The van der Waals surface area contributed by atoms with E-state index in [1.165, 1.54) is 6.20 Å². The number of nitrogens with zero attached hydrogens (tertiary/aromatic N) is 1. The summed E-state index contributed by atoms with van der Waals surface area (Å²) in [5.41, 5.74) is 3.95. The molecule has 0 radical (unpaired) electrons. The van der Waals surface area contributed by atoms with Crippen LogP contribution in [0.5, 0.6) is 0 Å². The van der Waals surface area contributed by atoms with Crippen LogP contribution < -0.4 is 16.0 Å². The Morgan fingerprint density at radius 3 is 2.46 bits per heavy atom. The molecular weight excluding hydrogens is 657 g/mol. The number of amides is 3. The summed E-state index contributed by atoms with van der Waals surface area (Å²) < 4.78 is 0.769. The zero-order chi connectivity index (χ0) is 29.5. The van der Waals surface area contributed by atoms with Gasteiger partial charge in [-0.05, 0) is 96.1 Å². The number of Topliss-reactive ketones (excluding diaryl/α,β-unsaturated/α-hetero) is 1. The van der Waals surface area contributed by atoms with Gasteiger partial charge < -0.3 is 16.0 Å². The molecular formula is C30H25ClIN5O4. The maximum absolute atomic E-state index is 13.1. The standard InChI is InChI=1S/C30H25ClIN5O4/c1-3-26(39)34-20-7-4-6-18(15-20)29(40)35-21-11-12-24(17(2)14-21)36-30(41)28-19(16-33-37-28)10-13-25(38)27-22(31)8-5-9-23(27)32/h3-9,11-12,14-16H,1,10,13H2,2H3,(H,33,37)(H,34,39)(H,35,40)(H,36,41). The first-order valence-electron chi connectivity index (χ1n) is 12.4. The maximum atomic E-state index is 13.1. The number of nitrogens with one attached hydrogen (secondary N) is 4. The Kier molecular flexibility index (Phi) is 9.69. The Labute approximate surface area is 254 Å². The van der Waals surface area contributed by atoms with E-state index in [0.717, 1.165) is 9.65 Å². The zero-order valence-electron chi connectivity index (χ0n) is 21.9. The first-order chi connectivity index (χ1) is 19.7. The van der Waals surface area contributed by atoms with E-state index in [2.05, 4.69) is 55.3 Å². The molecule has 0 bridgehead atoms. The summed E-state index contributed by atoms with van der Waals surface area (Å²) in [7, 11) is 0. The molecule has 3 amide bonds. The van der Waals surface area contributed by atoms with Crippen LogP contribution >= 0.6 is 34.2 Å². The molecule has 0 saturated carbocycles. The first kappa shape index (κ1) is 29.7. The molecule has 0 unspecified atom stereocenters. The summed E-state index contributed by atoms with van der Waals surface area (Å²) in [6.07, 6.45) is 3.15. The molecule has 3 aromatic carbocycles. The lowest BCUT2D eigenvalue weighted by atomic mass is 10.0. The van der Waals surface area contributed by atoms with Gasteiger partial charge in [0.05, 0.1) is 11.2 Å². The number of aromatic nitrogens is 2. The summed E-state index contributed by atoms with van der Waals surface area (Å²) in [6.45, 7) is 5.21. The topological polar surface area (TPSA) is 133 Å². The average molecular weight is 682 g/mol. The fourth-order valence-electron chi connectivity index (χ4n) is 4.04. The van der Waals surface area contributed by atoms with Crippen LogP contribution in [0.1, 0.15) is 48.8 Å². The number of anilines is 3. The van der Waals surface area contributed by atoms with E-state index < -0.39 is 5.91 Å². The number of H-pyrrole nitrogens is 1. The van der Waals surface area contributed by atoms with E-state index in [1.807, 2.05) is 6.07 Å². The molecule has 0 aliphatic carbocycles. The zero-order valence-corrected chi connectivity index (χ0v) is 24.8. The van der Waals surface area contributed by atoms with Crippen molar-refractivity contribution < 1.29 is 19.2 Å². The number of hydrogen-bond acceptors (Lipinski definition) is 5. The minimum atomic E-state index is -0.407. The fourth-order valence-corrected chi connectivity index (χ4v) is 5.27.